The average molecular weight is 448 g/mol. The lowest BCUT2D eigenvalue weighted by atomic mass is 9.79. The van der Waals surface area contributed by atoms with Gasteiger partial charge in [-0.3, -0.25) is 19.7 Å². The first-order valence-electron chi connectivity index (χ1n) is 9.93. The van der Waals surface area contributed by atoms with Crippen LogP contribution in [0.5, 0.6) is 0 Å². The third-order valence-electron chi connectivity index (χ3n) is 5.26. The molecule has 2 atom stereocenters. The summed E-state index contributed by atoms with van der Waals surface area (Å²) in [5.74, 6) is -0.567. The van der Waals surface area contributed by atoms with Crippen LogP contribution in [0.4, 0.5) is 5.69 Å². The molecule has 1 aromatic rings. The van der Waals surface area contributed by atoms with Crippen molar-refractivity contribution in [1.29, 1.82) is 0 Å². The molecule has 0 radical (unpaired) electrons. The molecule has 1 amide bonds. The Balaban J connectivity index is 1.70. The monoisotopic (exact) mass is 448 g/mol. The highest BCUT2D eigenvalue weighted by Gasteiger charge is 2.56. The zero-order valence-electron chi connectivity index (χ0n) is 17.5. The molecule has 1 saturated heterocycles. The number of thioether (sulfide) groups is 1. The molecule has 3 rings (SSSR count). The topological polar surface area (TPSA) is 116 Å². The van der Waals surface area contributed by atoms with Crippen molar-refractivity contribution >= 4 is 35.3 Å². The van der Waals surface area contributed by atoms with Crippen LogP contribution in [0.2, 0.25) is 0 Å². The highest BCUT2D eigenvalue weighted by atomic mass is 32.2. The predicted octanol–water partition coefficient (Wildman–Crippen LogP) is 3.03. The number of fused-ring (bicyclic) bond motifs is 1. The maximum Gasteiger partial charge on any atom is 0.356 e. The number of hydrogen-bond acceptors (Lipinski definition) is 8. The summed E-state index contributed by atoms with van der Waals surface area (Å²) in [6.45, 7) is 5.45. The molecule has 0 saturated carbocycles. The number of carbonyl (C=O) groups excluding carboxylic acids is 3. The molecule has 2 unspecified atom stereocenters. The van der Waals surface area contributed by atoms with Crippen molar-refractivity contribution in [2.45, 2.75) is 39.8 Å². The fourth-order valence-corrected chi connectivity index (χ4v) is 4.85. The molecule has 31 heavy (non-hydrogen) atoms. The Morgan fingerprint density at radius 3 is 2.52 bits per heavy atom. The molecule has 2 aliphatic heterocycles. The van der Waals surface area contributed by atoms with Gasteiger partial charge in [0.05, 0.1) is 16.9 Å². The van der Waals surface area contributed by atoms with Crippen molar-refractivity contribution in [3.8, 4) is 0 Å². The number of nitrogens with zero attached hydrogens (tertiary/aromatic N) is 2. The van der Waals surface area contributed by atoms with Gasteiger partial charge in [0.25, 0.3) is 5.69 Å². The molecule has 2 heterocycles. The molecule has 0 bridgehead atoms. The van der Waals surface area contributed by atoms with E-state index in [0.29, 0.717) is 17.7 Å². The largest absolute Gasteiger partial charge is 0.465 e. The summed E-state index contributed by atoms with van der Waals surface area (Å²) in [5.41, 5.74) is 0.809. The number of nitro groups is 1. The zero-order chi connectivity index (χ0) is 22.7. The van der Waals surface area contributed by atoms with E-state index in [1.807, 2.05) is 13.8 Å². The summed E-state index contributed by atoms with van der Waals surface area (Å²) in [7, 11) is 0. The van der Waals surface area contributed by atoms with Gasteiger partial charge in [0.15, 0.2) is 0 Å². The van der Waals surface area contributed by atoms with E-state index in [0.717, 1.165) is 4.91 Å². The molecular formula is C21H24N2O7S. The quantitative estimate of drug-likeness (QED) is 0.186. The molecular weight excluding hydrogens is 424 g/mol. The normalized spacial score (nSPS) is 19.9. The Hall–Kier alpha value is -2.88. The van der Waals surface area contributed by atoms with Crippen molar-refractivity contribution in [3.05, 3.63) is 50.5 Å². The Bertz CT molecular complexity index is 926. The number of β-lactam (4-membered cyclic amide) rings is 1. The molecule has 0 aliphatic carbocycles. The van der Waals surface area contributed by atoms with Crippen LogP contribution in [-0.4, -0.2) is 46.1 Å². The van der Waals surface area contributed by atoms with E-state index in [2.05, 4.69) is 0 Å². The van der Waals surface area contributed by atoms with Crippen LogP contribution in [-0.2, 0) is 30.5 Å². The van der Waals surface area contributed by atoms with Gasteiger partial charge in [0, 0.05) is 36.1 Å². The Morgan fingerprint density at radius 2 is 1.94 bits per heavy atom. The SMILES string of the molecule is CC(=O)OCCSC1=C(C(=O)OCc2ccc([N+](=O)[O-])cc2)N2C(=O)C(C(C)C)C2C1. The molecule has 10 heteroatoms. The summed E-state index contributed by atoms with van der Waals surface area (Å²) in [6.07, 6.45) is 0.571. The van der Waals surface area contributed by atoms with Gasteiger partial charge in [-0.25, -0.2) is 4.79 Å². The van der Waals surface area contributed by atoms with Gasteiger partial charge in [-0.2, -0.15) is 0 Å². The lowest BCUT2D eigenvalue weighted by molar-refractivity contribution is -0.384. The number of hydrogen-bond donors (Lipinski definition) is 0. The Labute approximate surface area is 183 Å². The highest BCUT2D eigenvalue weighted by molar-refractivity contribution is 8.03. The number of carbonyl (C=O) groups is 3. The van der Waals surface area contributed by atoms with Crippen molar-refractivity contribution < 1.29 is 28.8 Å². The summed E-state index contributed by atoms with van der Waals surface area (Å²) < 4.78 is 10.4. The molecule has 2 aliphatic rings. The minimum absolute atomic E-state index is 0.0474. The number of non-ortho nitro benzene ring substituents is 1. The first-order chi connectivity index (χ1) is 14.7. The van der Waals surface area contributed by atoms with Crippen LogP contribution in [0, 0.1) is 22.0 Å². The molecule has 166 valence electrons. The second-order valence-electron chi connectivity index (χ2n) is 7.71. The van der Waals surface area contributed by atoms with E-state index < -0.39 is 10.9 Å². The van der Waals surface area contributed by atoms with Gasteiger partial charge in [-0.05, 0) is 23.6 Å². The summed E-state index contributed by atoms with van der Waals surface area (Å²) in [6, 6.07) is 5.67. The predicted molar refractivity (Wildman–Crippen MR) is 113 cm³/mol. The van der Waals surface area contributed by atoms with E-state index in [1.165, 1.54) is 47.9 Å². The third kappa shape index (κ3) is 4.90. The van der Waals surface area contributed by atoms with Gasteiger partial charge in [-0.1, -0.05) is 13.8 Å². The number of ether oxygens (including phenoxy) is 2. The van der Waals surface area contributed by atoms with Gasteiger partial charge in [-0.15, -0.1) is 11.8 Å². The van der Waals surface area contributed by atoms with Crippen molar-refractivity contribution in [3.63, 3.8) is 0 Å². The summed E-state index contributed by atoms with van der Waals surface area (Å²) in [4.78, 5) is 49.1. The second kappa shape index (κ2) is 9.51. The summed E-state index contributed by atoms with van der Waals surface area (Å²) >= 11 is 1.39. The Kier molecular flexibility index (Phi) is 6.99. The first kappa shape index (κ1) is 22.8. The van der Waals surface area contributed by atoms with Crippen LogP contribution < -0.4 is 0 Å². The highest BCUT2D eigenvalue weighted by Crippen LogP contribution is 2.48. The molecule has 1 fully saturated rings. The molecule has 0 spiro atoms. The minimum atomic E-state index is -0.605. The van der Waals surface area contributed by atoms with Gasteiger partial charge in [0.1, 0.15) is 18.9 Å². The van der Waals surface area contributed by atoms with Crippen molar-refractivity contribution in [1.82, 2.24) is 4.90 Å². The zero-order valence-corrected chi connectivity index (χ0v) is 18.3. The average Bonchev–Trinajstić information content (AvgIpc) is 3.03. The standard InChI is InChI=1S/C21H24N2O7S/c1-12(2)18-16-10-17(31-9-8-29-13(3)24)19(22(16)20(18)25)21(26)30-11-14-4-6-15(7-5-14)23(27)28/h4-7,12,16,18H,8-11H2,1-3H3. The van der Waals surface area contributed by atoms with Crippen LogP contribution >= 0.6 is 11.8 Å². The Morgan fingerprint density at radius 1 is 1.26 bits per heavy atom. The number of rotatable bonds is 9. The lowest BCUT2D eigenvalue weighted by Crippen LogP contribution is -2.60. The first-order valence-corrected chi connectivity index (χ1v) is 10.9. The van der Waals surface area contributed by atoms with E-state index in [1.54, 1.807) is 0 Å². The maximum absolute atomic E-state index is 12.9. The van der Waals surface area contributed by atoms with Crippen LogP contribution in [0.1, 0.15) is 32.8 Å². The number of esters is 2. The molecule has 0 aromatic heterocycles. The van der Waals surface area contributed by atoms with Crippen LogP contribution in [0.3, 0.4) is 0 Å². The fourth-order valence-electron chi connectivity index (χ4n) is 3.83. The fraction of sp³-hybridized carbons (Fsp3) is 0.476. The third-order valence-corrected chi connectivity index (χ3v) is 6.34. The number of amides is 1. The van der Waals surface area contributed by atoms with Crippen LogP contribution in [0.15, 0.2) is 34.9 Å². The van der Waals surface area contributed by atoms with Crippen molar-refractivity contribution in [2.75, 3.05) is 12.4 Å². The summed E-state index contributed by atoms with van der Waals surface area (Å²) in [5, 5.41) is 10.8. The minimum Gasteiger partial charge on any atom is -0.465 e. The molecule has 1 aromatic carbocycles. The number of nitro benzene ring substituents is 1. The smallest absolute Gasteiger partial charge is 0.356 e. The van der Waals surface area contributed by atoms with E-state index in [9.17, 15) is 24.5 Å². The van der Waals surface area contributed by atoms with Crippen molar-refractivity contribution in [2.24, 2.45) is 11.8 Å². The number of benzene rings is 1. The van der Waals surface area contributed by atoms with Gasteiger partial charge < -0.3 is 14.4 Å². The van der Waals surface area contributed by atoms with Gasteiger partial charge >= 0.3 is 11.9 Å². The van der Waals surface area contributed by atoms with E-state index in [-0.39, 0.29) is 54.4 Å². The maximum atomic E-state index is 12.9. The molecule has 9 nitrogen and oxygen atoms in total. The van der Waals surface area contributed by atoms with Gasteiger partial charge in [0.2, 0.25) is 5.91 Å². The second-order valence-corrected chi connectivity index (χ2v) is 8.90. The van der Waals surface area contributed by atoms with E-state index in [4.69, 9.17) is 9.47 Å². The molecule has 0 N–H and O–H groups in total. The van der Waals surface area contributed by atoms with E-state index >= 15 is 0 Å². The van der Waals surface area contributed by atoms with Crippen LogP contribution in [0.25, 0.3) is 0 Å². The lowest BCUT2D eigenvalue weighted by Gasteiger charge is -2.45.